The molecule has 1 aliphatic rings. The molecule has 1 saturated heterocycles. The molecule has 1 unspecified atom stereocenters. The van der Waals surface area contributed by atoms with Crippen LogP contribution >= 0.6 is 0 Å². The van der Waals surface area contributed by atoms with Gasteiger partial charge in [-0.15, -0.1) is 6.42 Å². The first-order chi connectivity index (χ1) is 18.7. The Balaban J connectivity index is 1.68. The fourth-order valence-electron chi connectivity index (χ4n) is 3.93. The van der Waals surface area contributed by atoms with Crippen molar-refractivity contribution < 1.29 is 27.4 Å². The number of hydrogen-bond donors (Lipinski definition) is 2. The predicted octanol–water partition coefficient (Wildman–Crippen LogP) is 4.99. The van der Waals surface area contributed by atoms with E-state index < -0.39 is 11.7 Å². The molecule has 0 bridgehead atoms. The Bertz CT molecular complexity index is 1410. The zero-order valence-electron chi connectivity index (χ0n) is 21.5. The third-order valence-corrected chi connectivity index (χ3v) is 6.15. The van der Waals surface area contributed by atoms with Crippen molar-refractivity contribution in [2.75, 3.05) is 44.0 Å². The van der Waals surface area contributed by atoms with Gasteiger partial charge in [0.05, 0.1) is 30.0 Å². The van der Waals surface area contributed by atoms with Gasteiger partial charge in [-0.2, -0.15) is 13.2 Å². The van der Waals surface area contributed by atoms with Crippen LogP contribution in [0.25, 0.3) is 10.9 Å². The number of halogens is 3. The lowest BCUT2D eigenvalue weighted by atomic mass is 10.1. The van der Waals surface area contributed by atoms with Gasteiger partial charge in [0.2, 0.25) is 5.91 Å². The summed E-state index contributed by atoms with van der Waals surface area (Å²) in [7, 11) is 1.94. The number of benzene rings is 2. The van der Waals surface area contributed by atoms with Crippen molar-refractivity contribution in [1.29, 1.82) is 0 Å². The lowest BCUT2D eigenvalue weighted by molar-refractivity contribution is -0.137. The van der Waals surface area contributed by atoms with Gasteiger partial charge in [-0.05, 0) is 37.9 Å². The fraction of sp³-hybridized carbons (Fsp3) is 0.321. The highest BCUT2D eigenvalue weighted by molar-refractivity contribution is 6.03. The topological polar surface area (TPSA) is 88.6 Å². The molecule has 1 aliphatic heterocycles. The second kappa shape index (κ2) is 12.1. The second-order valence-electron chi connectivity index (χ2n) is 8.97. The summed E-state index contributed by atoms with van der Waals surface area (Å²) < 4.78 is 51.4. The van der Waals surface area contributed by atoms with Crippen LogP contribution in [0.2, 0.25) is 0 Å². The Labute approximate surface area is 224 Å². The molecular formula is C28H28F3N5O3. The SMILES string of the molecule is C#Cc1cc(Nc2ncnc3cc(OC4CCOC4)c(NC(=O)/C=C/CN(C)CC)cc23)ccc1C(F)(F)F. The van der Waals surface area contributed by atoms with E-state index in [9.17, 15) is 18.0 Å². The highest BCUT2D eigenvalue weighted by Gasteiger charge is 2.33. The third kappa shape index (κ3) is 7.04. The second-order valence-corrected chi connectivity index (χ2v) is 8.97. The number of aromatic nitrogens is 2. The number of nitrogens with zero attached hydrogens (tertiary/aromatic N) is 3. The number of amides is 1. The Morgan fingerprint density at radius 3 is 2.82 bits per heavy atom. The zero-order chi connectivity index (χ0) is 28.0. The van der Waals surface area contributed by atoms with Gasteiger partial charge in [0.25, 0.3) is 0 Å². The summed E-state index contributed by atoms with van der Waals surface area (Å²) in [5, 5.41) is 6.39. The Morgan fingerprint density at radius 2 is 2.13 bits per heavy atom. The van der Waals surface area contributed by atoms with Gasteiger partial charge < -0.3 is 25.0 Å². The summed E-state index contributed by atoms with van der Waals surface area (Å²) >= 11 is 0. The maximum Gasteiger partial charge on any atom is 0.417 e. The van der Waals surface area contributed by atoms with Gasteiger partial charge in [-0.1, -0.05) is 18.9 Å². The summed E-state index contributed by atoms with van der Waals surface area (Å²) in [4.78, 5) is 23.3. The summed E-state index contributed by atoms with van der Waals surface area (Å²) in [5.41, 5.74) is 0.0109. The molecule has 4 rings (SSSR count). The summed E-state index contributed by atoms with van der Waals surface area (Å²) in [6, 6.07) is 6.78. The van der Waals surface area contributed by atoms with Crippen molar-refractivity contribution >= 4 is 34.0 Å². The first-order valence-electron chi connectivity index (χ1n) is 12.3. The molecule has 1 atom stereocenters. The molecule has 204 valence electrons. The minimum atomic E-state index is -4.57. The van der Waals surface area contributed by atoms with Crippen LogP contribution < -0.4 is 15.4 Å². The lowest BCUT2D eigenvalue weighted by Gasteiger charge is -2.18. The van der Waals surface area contributed by atoms with Crippen LogP contribution in [0, 0.1) is 12.3 Å². The van der Waals surface area contributed by atoms with Crippen molar-refractivity contribution in [1.82, 2.24) is 14.9 Å². The molecule has 0 saturated carbocycles. The quantitative estimate of drug-likeness (QED) is 0.293. The highest BCUT2D eigenvalue weighted by Crippen LogP contribution is 2.36. The largest absolute Gasteiger partial charge is 0.486 e. The fourth-order valence-corrected chi connectivity index (χ4v) is 3.93. The molecule has 0 aliphatic carbocycles. The van der Waals surface area contributed by atoms with Crippen molar-refractivity contribution in [3.05, 3.63) is 59.9 Å². The van der Waals surface area contributed by atoms with Crippen LogP contribution in [0.3, 0.4) is 0 Å². The lowest BCUT2D eigenvalue weighted by Crippen LogP contribution is -2.19. The van der Waals surface area contributed by atoms with Gasteiger partial charge >= 0.3 is 6.18 Å². The molecule has 2 aromatic carbocycles. The van der Waals surface area contributed by atoms with Gasteiger partial charge in [0.15, 0.2) is 0 Å². The van der Waals surface area contributed by atoms with Crippen molar-refractivity contribution in [3.8, 4) is 18.1 Å². The number of hydrogen-bond acceptors (Lipinski definition) is 7. The Kier molecular flexibility index (Phi) is 8.69. The number of ether oxygens (including phenoxy) is 2. The van der Waals surface area contributed by atoms with E-state index in [2.05, 4.69) is 26.5 Å². The third-order valence-electron chi connectivity index (χ3n) is 6.15. The molecule has 39 heavy (non-hydrogen) atoms. The van der Waals surface area contributed by atoms with Gasteiger partial charge in [-0.25, -0.2) is 9.97 Å². The molecule has 0 spiro atoms. The number of carbonyl (C=O) groups excluding carboxylic acids is 1. The molecule has 1 aromatic heterocycles. The van der Waals surface area contributed by atoms with Crippen LogP contribution in [0.5, 0.6) is 5.75 Å². The van der Waals surface area contributed by atoms with Gasteiger partial charge in [-0.3, -0.25) is 4.79 Å². The average molecular weight is 540 g/mol. The van der Waals surface area contributed by atoms with Gasteiger partial charge in [0.1, 0.15) is 24.0 Å². The number of anilines is 3. The molecular weight excluding hydrogens is 511 g/mol. The number of carbonyl (C=O) groups is 1. The molecule has 11 heteroatoms. The zero-order valence-corrected chi connectivity index (χ0v) is 21.5. The smallest absolute Gasteiger partial charge is 0.417 e. The summed E-state index contributed by atoms with van der Waals surface area (Å²) in [6.45, 7) is 4.48. The van der Waals surface area contributed by atoms with E-state index in [1.165, 1.54) is 24.5 Å². The molecule has 1 amide bonds. The monoisotopic (exact) mass is 539 g/mol. The minimum absolute atomic E-state index is 0.180. The average Bonchev–Trinajstić information content (AvgIpc) is 3.41. The highest BCUT2D eigenvalue weighted by atomic mass is 19.4. The molecule has 0 radical (unpaired) electrons. The van der Waals surface area contributed by atoms with E-state index in [0.717, 1.165) is 12.6 Å². The van der Waals surface area contributed by atoms with Crippen LogP contribution in [-0.4, -0.2) is 60.2 Å². The van der Waals surface area contributed by atoms with E-state index in [4.69, 9.17) is 15.9 Å². The van der Waals surface area contributed by atoms with Gasteiger partial charge in [0, 0.05) is 41.7 Å². The number of rotatable bonds is 9. The van der Waals surface area contributed by atoms with Crippen molar-refractivity contribution in [2.24, 2.45) is 0 Å². The number of fused-ring (bicyclic) bond motifs is 1. The van der Waals surface area contributed by atoms with Crippen molar-refractivity contribution in [3.63, 3.8) is 0 Å². The van der Waals surface area contributed by atoms with E-state index in [1.54, 1.807) is 18.2 Å². The molecule has 3 aromatic rings. The predicted molar refractivity (Wildman–Crippen MR) is 143 cm³/mol. The van der Waals surface area contributed by atoms with Crippen LogP contribution in [-0.2, 0) is 15.7 Å². The Morgan fingerprint density at radius 1 is 1.31 bits per heavy atom. The minimum Gasteiger partial charge on any atom is -0.486 e. The number of likely N-dealkylation sites (N-methyl/N-ethyl adjacent to an activating group) is 1. The van der Waals surface area contributed by atoms with Crippen molar-refractivity contribution in [2.45, 2.75) is 25.6 Å². The molecule has 1 fully saturated rings. The van der Waals surface area contributed by atoms with Crippen LogP contribution in [0.4, 0.5) is 30.4 Å². The van der Waals surface area contributed by atoms with Crippen LogP contribution in [0.1, 0.15) is 24.5 Å². The van der Waals surface area contributed by atoms with E-state index >= 15 is 0 Å². The summed E-state index contributed by atoms with van der Waals surface area (Å²) in [6.07, 6.45) is 5.82. The number of terminal acetylenes is 1. The first kappa shape index (κ1) is 27.9. The maximum absolute atomic E-state index is 13.3. The van der Waals surface area contributed by atoms with Crippen LogP contribution in [0.15, 0.2) is 48.8 Å². The molecule has 2 heterocycles. The normalized spacial score (nSPS) is 15.6. The number of alkyl halides is 3. The summed E-state index contributed by atoms with van der Waals surface area (Å²) in [5.74, 6) is 2.47. The number of nitrogens with one attached hydrogen (secondary N) is 2. The standard InChI is InChI=1S/C28H28F3N5O3/c1-4-18-13-19(8-9-22(18)28(29,30)31)34-27-21-14-24(35-26(37)7-6-11-36(3)5-2)25(15-23(21)32-17-33-27)39-20-10-12-38-16-20/h1,6-9,13-15,17,20H,5,10-12,16H2,2-3H3,(H,35,37)(H,32,33,34)/b7-6+. The van der Waals surface area contributed by atoms with E-state index in [0.29, 0.717) is 60.0 Å². The molecule has 2 N–H and O–H groups in total. The first-order valence-corrected chi connectivity index (χ1v) is 12.3. The van der Waals surface area contributed by atoms with E-state index in [-0.39, 0.29) is 17.6 Å². The van der Waals surface area contributed by atoms with E-state index in [1.807, 2.05) is 18.9 Å². The molecule has 8 nitrogen and oxygen atoms in total. The maximum atomic E-state index is 13.3. The Hall–Kier alpha value is -4.14.